The summed E-state index contributed by atoms with van der Waals surface area (Å²) in [6.07, 6.45) is -1.90. The number of phenols is 1. The molecule has 4 rings (SSSR count). The highest BCUT2D eigenvalue weighted by atomic mass is 16.3. The van der Waals surface area contributed by atoms with Crippen molar-refractivity contribution >= 4 is 29.0 Å². The van der Waals surface area contributed by atoms with Crippen LogP contribution in [0.3, 0.4) is 0 Å². The topological polar surface area (TPSA) is 196 Å². The fourth-order valence-corrected chi connectivity index (χ4v) is 5.97. The molecular weight excluding hydrogens is 436 g/mol. The first kappa shape index (κ1) is 23.2. The van der Waals surface area contributed by atoms with E-state index in [1.807, 2.05) is 0 Å². The zero-order chi connectivity index (χ0) is 24.8. The van der Waals surface area contributed by atoms with Crippen LogP contribution in [0.4, 0.5) is 0 Å². The molecule has 0 unspecified atom stereocenters. The van der Waals surface area contributed by atoms with Crippen molar-refractivity contribution in [3.8, 4) is 5.75 Å². The zero-order valence-electron chi connectivity index (χ0n) is 18.1. The number of nitrogens with zero attached hydrogens (tertiary/aromatic N) is 1. The number of primary amides is 1. The lowest BCUT2D eigenvalue weighted by Crippen LogP contribution is -2.78. The van der Waals surface area contributed by atoms with E-state index in [0.29, 0.717) is 0 Å². The van der Waals surface area contributed by atoms with Crippen LogP contribution in [-0.4, -0.2) is 86.2 Å². The van der Waals surface area contributed by atoms with E-state index in [4.69, 9.17) is 5.73 Å². The van der Waals surface area contributed by atoms with E-state index in [9.17, 15) is 44.4 Å². The maximum Gasteiger partial charge on any atom is 0.235 e. The lowest BCUT2D eigenvalue weighted by atomic mass is 9.48. The van der Waals surface area contributed by atoms with Gasteiger partial charge in [-0.3, -0.25) is 28.9 Å². The number of carbonyl (C=O) groups is 5. The molecule has 1 aromatic carbocycles. The molecule has 1 amide bonds. The Balaban J connectivity index is 2.01. The van der Waals surface area contributed by atoms with Gasteiger partial charge in [-0.15, -0.1) is 0 Å². The van der Waals surface area contributed by atoms with Gasteiger partial charge in [-0.25, -0.2) is 0 Å². The number of amides is 1. The molecule has 3 aliphatic rings. The van der Waals surface area contributed by atoms with Crippen LogP contribution in [0.1, 0.15) is 22.8 Å². The van der Waals surface area contributed by atoms with E-state index in [1.165, 1.54) is 44.1 Å². The summed E-state index contributed by atoms with van der Waals surface area (Å²) < 4.78 is 0. The average Bonchev–Trinajstić information content (AvgIpc) is 2.70. The standard InChI is InChI=1S/C22H24N2O9/c1-21(32)7-5-4-6-8(25)9(7)15(26)10-12(21)17(28)13-14(24(2)3)16(27)11(20(23)31)19(30)22(13,33)18(10)29/h4-6,10-14,17,25,28,32-33H,1-3H3,(H2,23,31)/t10-,11-,12-,13-,14+,17+,21-,22+/m1/s1. The van der Waals surface area contributed by atoms with E-state index in [0.717, 1.165) is 0 Å². The first-order valence-corrected chi connectivity index (χ1v) is 10.3. The Labute approximate surface area is 187 Å². The monoisotopic (exact) mass is 460 g/mol. The van der Waals surface area contributed by atoms with Gasteiger partial charge in [0.05, 0.1) is 35.1 Å². The summed E-state index contributed by atoms with van der Waals surface area (Å²) in [5, 5.41) is 44.5. The Hall–Kier alpha value is -2.99. The number of carbonyl (C=O) groups excluding carboxylic acids is 5. The molecule has 0 saturated heterocycles. The second-order valence-corrected chi connectivity index (χ2v) is 9.37. The Bertz CT molecular complexity index is 1130. The van der Waals surface area contributed by atoms with Crippen molar-refractivity contribution in [2.45, 2.75) is 30.3 Å². The van der Waals surface area contributed by atoms with E-state index in [1.54, 1.807) is 0 Å². The lowest BCUT2D eigenvalue weighted by Gasteiger charge is -2.57. The minimum Gasteiger partial charge on any atom is -0.507 e. The molecule has 0 aromatic heterocycles. The van der Waals surface area contributed by atoms with Gasteiger partial charge in [-0.05, 0) is 32.6 Å². The maximum atomic E-state index is 13.7. The normalized spacial score (nSPS) is 40.3. The van der Waals surface area contributed by atoms with Crippen LogP contribution >= 0.6 is 0 Å². The maximum absolute atomic E-state index is 13.7. The minimum atomic E-state index is -3.10. The fraction of sp³-hybridized carbons (Fsp3) is 0.500. The average molecular weight is 460 g/mol. The van der Waals surface area contributed by atoms with Gasteiger partial charge in [0, 0.05) is 5.92 Å². The van der Waals surface area contributed by atoms with Gasteiger partial charge in [0.15, 0.2) is 34.7 Å². The first-order valence-electron chi connectivity index (χ1n) is 10.3. The highest BCUT2D eigenvalue weighted by molar-refractivity contribution is 6.32. The van der Waals surface area contributed by atoms with Crippen LogP contribution < -0.4 is 5.73 Å². The minimum absolute atomic E-state index is 0.0454. The third kappa shape index (κ3) is 2.67. The second kappa shape index (κ2) is 7.00. The van der Waals surface area contributed by atoms with Gasteiger partial charge in [0.1, 0.15) is 5.75 Å². The van der Waals surface area contributed by atoms with E-state index >= 15 is 0 Å². The molecule has 0 spiro atoms. The Morgan fingerprint density at radius 2 is 1.67 bits per heavy atom. The van der Waals surface area contributed by atoms with Crippen molar-refractivity contribution in [3.63, 3.8) is 0 Å². The van der Waals surface area contributed by atoms with Crippen molar-refractivity contribution in [2.24, 2.45) is 29.4 Å². The number of benzene rings is 1. The number of hydrogen-bond donors (Lipinski definition) is 5. The van der Waals surface area contributed by atoms with Crippen LogP contribution in [0.25, 0.3) is 0 Å². The van der Waals surface area contributed by atoms with E-state index in [2.05, 4.69) is 0 Å². The Morgan fingerprint density at radius 1 is 1.06 bits per heavy atom. The van der Waals surface area contributed by atoms with Crippen molar-refractivity contribution in [2.75, 3.05) is 14.1 Å². The van der Waals surface area contributed by atoms with Crippen molar-refractivity contribution in [1.29, 1.82) is 0 Å². The van der Waals surface area contributed by atoms with Gasteiger partial charge >= 0.3 is 0 Å². The summed E-state index contributed by atoms with van der Waals surface area (Å²) in [4.78, 5) is 66.4. The number of fused-ring (bicyclic) bond motifs is 3. The molecule has 176 valence electrons. The molecule has 8 atom stereocenters. The molecule has 0 radical (unpaired) electrons. The summed E-state index contributed by atoms with van der Waals surface area (Å²) in [7, 11) is 2.77. The summed E-state index contributed by atoms with van der Waals surface area (Å²) in [6, 6.07) is 2.40. The number of rotatable bonds is 2. The summed E-state index contributed by atoms with van der Waals surface area (Å²) >= 11 is 0. The number of aliphatic hydroxyl groups excluding tert-OH is 1. The number of aromatic hydroxyl groups is 1. The van der Waals surface area contributed by atoms with Gasteiger partial charge in [-0.1, -0.05) is 12.1 Å². The van der Waals surface area contributed by atoms with Crippen LogP contribution in [0, 0.1) is 23.7 Å². The molecule has 2 saturated carbocycles. The van der Waals surface area contributed by atoms with Crippen LogP contribution in [-0.2, 0) is 24.8 Å². The largest absolute Gasteiger partial charge is 0.507 e. The first-order chi connectivity index (χ1) is 15.2. The zero-order valence-corrected chi connectivity index (χ0v) is 18.1. The van der Waals surface area contributed by atoms with Gasteiger partial charge in [0.2, 0.25) is 5.91 Å². The van der Waals surface area contributed by atoms with Crippen LogP contribution in [0.5, 0.6) is 5.75 Å². The second-order valence-electron chi connectivity index (χ2n) is 9.37. The molecule has 6 N–H and O–H groups in total. The smallest absolute Gasteiger partial charge is 0.235 e. The quantitative estimate of drug-likeness (QED) is 0.294. The highest BCUT2D eigenvalue weighted by Gasteiger charge is 2.74. The summed E-state index contributed by atoms with van der Waals surface area (Å²) in [6.45, 7) is 1.24. The van der Waals surface area contributed by atoms with Crippen molar-refractivity contribution < 1.29 is 44.4 Å². The molecule has 0 bridgehead atoms. The number of aliphatic hydroxyl groups is 3. The number of hydrogen-bond acceptors (Lipinski definition) is 10. The summed E-state index contributed by atoms with van der Waals surface area (Å²) in [5.74, 6) is -14.2. The molecule has 0 aliphatic heterocycles. The molecular formula is C22H24N2O9. The molecule has 3 aliphatic carbocycles. The van der Waals surface area contributed by atoms with E-state index < -0.39 is 81.8 Å². The van der Waals surface area contributed by atoms with Gasteiger partial charge in [0.25, 0.3) is 0 Å². The third-order valence-electron chi connectivity index (χ3n) is 7.40. The highest BCUT2D eigenvalue weighted by Crippen LogP contribution is 2.55. The lowest BCUT2D eigenvalue weighted by molar-refractivity contribution is -0.210. The van der Waals surface area contributed by atoms with E-state index in [-0.39, 0.29) is 11.1 Å². The van der Waals surface area contributed by atoms with Crippen molar-refractivity contribution in [1.82, 2.24) is 4.90 Å². The molecule has 2 fully saturated rings. The van der Waals surface area contributed by atoms with Gasteiger partial charge in [-0.2, -0.15) is 0 Å². The predicted octanol–water partition coefficient (Wildman–Crippen LogP) is -2.50. The molecule has 11 nitrogen and oxygen atoms in total. The third-order valence-corrected chi connectivity index (χ3v) is 7.40. The number of likely N-dealkylation sites (N-methyl/N-ethyl adjacent to an activating group) is 1. The van der Waals surface area contributed by atoms with Crippen LogP contribution in [0.2, 0.25) is 0 Å². The van der Waals surface area contributed by atoms with Crippen molar-refractivity contribution in [3.05, 3.63) is 29.3 Å². The number of Topliss-reactive ketones (excluding diaryl/α,β-unsaturated/α-hetero) is 4. The molecule has 11 heteroatoms. The molecule has 0 heterocycles. The molecule has 1 aromatic rings. The number of nitrogens with two attached hydrogens (primary N) is 1. The van der Waals surface area contributed by atoms with Gasteiger partial charge < -0.3 is 26.2 Å². The van der Waals surface area contributed by atoms with Crippen LogP contribution in [0.15, 0.2) is 18.2 Å². The molecule has 33 heavy (non-hydrogen) atoms. The summed E-state index contributed by atoms with van der Waals surface area (Å²) in [5.41, 5.74) is -0.350. The number of phenolic OH excluding ortho intramolecular Hbond substituents is 1. The Kier molecular flexibility index (Phi) is 4.92. The Morgan fingerprint density at radius 3 is 2.21 bits per heavy atom. The predicted molar refractivity (Wildman–Crippen MR) is 109 cm³/mol. The number of ketones is 4. The fourth-order valence-electron chi connectivity index (χ4n) is 5.97. The SMILES string of the molecule is CN(C)[C@@H]1C(=O)[C@@H](C(N)=O)C(=O)[C@@]2(O)C(=O)[C@H]3C(=O)c4c(O)cccc4[C@@](C)(O)[C@H]3[C@H](O)[C@@H]12.